The lowest BCUT2D eigenvalue weighted by Gasteiger charge is -2.13. The lowest BCUT2D eigenvalue weighted by Crippen LogP contribution is -2.20. The van der Waals surface area contributed by atoms with E-state index in [0.717, 1.165) is 23.1 Å². The van der Waals surface area contributed by atoms with Gasteiger partial charge in [0, 0.05) is 11.6 Å². The van der Waals surface area contributed by atoms with Crippen LogP contribution < -0.4 is 11.5 Å². The average Bonchev–Trinajstić information content (AvgIpc) is 2.10. The molecule has 3 heteroatoms. The molecule has 81 valence electrons. The molecular formula is C12H17N2O. The van der Waals surface area contributed by atoms with Crippen LogP contribution in [-0.4, -0.2) is 11.9 Å². The number of carbonyl (C=O) groups excluding carboxylic acids is 1. The average molecular weight is 205 g/mol. The number of hydrogen-bond donors (Lipinski definition) is 2. The van der Waals surface area contributed by atoms with Crippen LogP contribution in [0.2, 0.25) is 0 Å². The molecule has 4 N–H and O–H groups in total. The second kappa shape index (κ2) is 4.45. The summed E-state index contributed by atoms with van der Waals surface area (Å²) in [5.74, 6) is -0.397. The first kappa shape index (κ1) is 11.7. The fourth-order valence-electron chi connectivity index (χ4n) is 1.72. The first-order valence-corrected chi connectivity index (χ1v) is 4.90. The Morgan fingerprint density at radius 3 is 2.20 bits per heavy atom. The van der Waals surface area contributed by atoms with E-state index >= 15 is 0 Å². The number of hydrogen-bond acceptors (Lipinski definition) is 2. The Labute approximate surface area is 90.5 Å². The number of nitrogens with two attached hydrogens (primary N) is 2. The van der Waals surface area contributed by atoms with Crippen LogP contribution in [0.5, 0.6) is 0 Å². The molecule has 0 bridgehead atoms. The maximum absolute atomic E-state index is 11.0. The molecular weight excluding hydrogens is 188 g/mol. The van der Waals surface area contributed by atoms with Gasteiger partial charge >= 0.3 is 0 Å². The Bertz CT molecular complexity index is 360. The van der Waals surface area contributed by atoms with Crippen molar-refractivity contribution in [3.63, 3.8) is 0 Å². The van der Waals surface area contributed by atoms with E-state index in [9.17, 15) is 4.79 Å². The van der Waals surface area contributed by atoms with Gasteiger partial charge < -0.3 is 11.5 Å². The predicted octanol–water partition coefficient (Wildman–Crippen LogP) is 1.11. The maximum atomic E-state index is 11.0. The van der Waals surface area contributed by atoms with E-state index in [0.29, 0.717) is 5.56 Å². The summed E-state index contributed by atoms with van der Waals surface area (Å²) in [5, 5.41) is 0. The fourth-order valence-corrected chi connectivity index (χ4v) is 1.72. The van der Waals surface area contributed by atoms with Crippen LogP contribution in [0.3, 0.4) is 0 Å². The maximum Gasteiger partial charge on any atom is 0.248 e. The Hall–Kier alpha value is -1.35. The van der Waals surface area contributed by atoms with Crippen LogP contribution in [0.25, 0.3) is 0 Å². The third-order valence-corrected chi connectivity index (χ3v) is 2.45. The number of rotatable bonds is 3. The van der Waals surface area contributed by atoms with E-state index in [4.69, 9.17) is 11.5 Å². The molecule has 0 heterocycles. The summed E-state index contributed by atoms with van der Waals surface area (Å²) in [7, 11) is 0. The van der Waals surface area contributed by atoms with Crippen molar-refractivity contribution in [2.24, 2.45) is 11.5 Å². The summed E-state index contributed by atoms with van der Waals surface area (Å²) in [6.45, 7) is 7.67. The van der Waals surface area contributed by atoms with E-state index in [1.165, 1.54) is 0 Å². The summed E-state index contributed by atoms with van der Waals surface area (Å²) in [4.78, 5) is 11.0. The van der Waals surface area contributed by atoms with Gasteiger partial charge in [0.2, 0.25) is 5.91 Å². The summed E-state index contributed by atoms with van der Waals surface area (Å²) in [6.07, 6.45) is 0.719. The monoisotopic (exact) mass is 205 g/mol. The molecule has 0 aliphatic carbocycles. The lowest BCUT2D eigenvalue weighted by atomic mass is 9.94. The fraction of sp³-hybridized carbons (Fsp3) is 0.333. The second-order valence-corrected chi connectivity index (χ2v) is 3.92. The van der Waals surface area contributed by atoms with Crippen molar-refractivity contribution in [2.45, 2.75) is 26.3 Å². The molecule has 0 saturated heterocycles. The zero-order valence-electron chi connectivity index (χ0n) is 9.21. The number of carbonyl (C=O) groups is 1. The molecule has 0 aliphatic heterocycles. The van der Waals surface area contributed by atoms with Crippen LogP contribution in [0, 0.1) is 20.8 Å². The highest BCUT2D eigenvalue weighted by Crippen LogP contribution is 2.17. The predicted molar refractivity (Wildman–Crippen MR) is 61.5 cm³/mol. The quantitative estimate of drug-likeness (QED) is 0.776. The first-order chi connectivity index (χ1) is 6.91. The molecule has 0 fully saturated rings. The smallest absolute Gasteiger partial charge is 0.248 e. The molecule has 1 rings (SSSR count). The number of primary amides is 1. The molecule has 1 amide bonds. The highest BCUT2D eigenvalue weighted by Gasteiger charge is 2.09. The molecule has 1 radical (unpaired) electrons. The van der Waals surface area contributed by atoms with Crippen molar-refractivity contribution in [3.05, 3.63) is 41.3 Å². The van der Waals surface area contributed by atoms with Gasteiger partial charge in [-0.15, -0.1) is 0 Å². The van der Waals surface area contributed by atoms with Crippen LogP contribution in [0.1, 0.15) is 27.0 Å². The summed E-state index contributed by atoms with van der Waals surface area (Å²) >= 11 is 0. The Morgan fingerprint density at radius 2 is 1.87 bits per heavy atom. The van der Waals surface area contributed by atoms with Gasteiger partial charge in [0.1, 0.15) is 0 Å². The van der Waals surface area contributed by atoms with E-state index in [1.807, 2.05) is 13.8 Å². The Kier molecular flexibility index (Phi) is 3.48. The minimum Gasteiger partial charge on any atom is -0.366 e. The van der Waals surface area contributed by atoms with Crippen molar-refractivity contribution in [3.8, 4) is 0 Å². The summed E-state index contributed by atoms with van der Waals surface area (Å²) in [6, 6.07) is 3.47. The van der Waals surface area contributed by atoms with Gasteiger partial charge in [0.15, 0.2) is 0 Å². The topological polar surface area (TPSA) is 69.1 Å². The van der Waals surface area contributed by atoms with Gasteiger partial charge in [0.25, 0.3) is 0 Å². The molecule has 0 aromatic heterocycles. The number of benzene rings is 1. The van der Waals surface area contributed by atoms with Crippen LogP contribution in [0.4, 0.5) is 0 Å². The highest BCUT2D eigenvalue weighted by molar-refractivity contribution is 5.93. The summed E-state index contributed by atoms with van der Waals surface area (Å²) in [5.41, 5.74) is 14.7. The molecule has 1 aromatic carbocycles. The van der Waals surface area contributed by atoms with Crippen molar-refractivity contribution < 1.29 is 4.79 Å². The molecule has 1 atom stereocenters. The minimum absolute atomic E-state index is 0.123. The third kappa shape index (κ3) is 2.80. The van der Waals surface area contributed by atoms with Crippen molar-refractivity contribution in [1.29, 1.82) is 0 Å². The van der Waals surface area contributed by atoms with Gasteiger partial charge in [-0.25, -0.2) is 0 Å². The zero-order valence-corrected chi connectivity index (χ0v) is 9.21. The standard InChI is InChI=1S/C12H17N2O/c1-7-4-10(12(14)15)5-8(2)11(7)6-9(3)13/h4-5,9H,3,6,13H2,1-2H3,(H2,14,15)/t9-/m0/s1. The molecule has 0 saturated carbocycles. The van der Waals surface area contributed by atoms with Crippen LogP contribution in [-0.2, 0) is 6.42 Å². The van der Waals surface area contributed by atoms with Crippen LogP contribution in [0.15, 0.2) is 12.1 Å². The first-order valence-electron chi connectivity index (χ1n) is 4.90. The molecule has 15 heavy (non-hydrogen) atoms. The molecule has 1 aromatic rings. The van der Waals surface area contributed by atoms with Crippen molar-refractivity contribution in [1.82, 2.24) is 0 Å². The normalized spacial score (nSPS) is 12.5. The van der Waals surface area contributed by atoms with Gasteiger partial charge in [-0.2, -0.15) is 0 Å². The largest absolute Gasteiger partial charge is 0.366 e. The van der Waals surface area contributed by atoms with E-state index in [1.54, 1.807) is 12.1 Å². The van der Waals surface area contributed by atoms with Crippen molar-refractivity contribution >= 4 is 5.91 Å². The molecule has 3 nitrogen and oxygen atoms in total. The summed E-state index contributed by atoms with van der Waals surface area (Å²) < 4.78 is 0. The SMILES string of the molecule is [CH2][C@H](N)Cc1c(C)cc(C(N)=O)cc1C. The molecule has 0 spiro atoms. The van der Waals surface area contributed by atoms with E-state index in [2.05, 4.69) is 6.92 Å². The van der Waals surface area contributed by atoms with Crippen LogP contribution >= 0.6 is 0 Å². The second-order valence-electron chi connectivity index (χ2n) is 3.92. The Morgan fingerprint density at radius 1 is 1.40 bits per heavy atom. The van der Waals surface area contributed by atoms with Gasteiger partial charge in [-0.05, 0) is 56.0 Å². The minimum atomic E-state index is -0.397. The highest BCUT2D eigenvalue weighted by atomic mass is 16.1. The van der Waals surface area contributed by atoms with E-state index in [-0.39, 0.29) is 6.04 Å². The third-order valence-electron chi connectivity index (χ3n) is 2.45. The van der Waals surface area contributed by atoms with Crippen molar-refractivity contribution in [2.75, 3.05) is 0 Å². The van der Waals surface area contributed by atoms with Gasteiger partial charge in [-0.3, -0.25) is 4.79 Å². The van der Waals surface area contributed by atoms with Gasteiger partial charge in [-0.1, -0.05) is 0 Å². The van der Waals surface area contributed by atoms with E-state index < -0.39 is 5.91 Å². The number of aryl methyl sites for hydroxylation is 2. The molecule has 0 unspecified atom stereocenters. The zero-order chi connectivity index (χ0) is 11.6. The lowest BCUT2D eigenvalue weighted by molar-refractivity contribution is 0.1000. The number of amides is 1. The van der Waals surface area contributed by atoms with Gasteiger partial charge in [0.05, 0.1) is 0 Å². The molecule has 0 aliphatic rings. The Balaban J connectivity index is 3.15.